The summed E-state index contributed by atoms with van der Waals surface area (Å²) >= 11 is 0. The van der Waals surface area contributed by atoms with Gasteiger partial charge in [-0.25, -0.2) is 14.8 Å². The maximum atomic E-state index is 12.9. The zero-order valence-corrected chi connectivity index (χ0v) is 19.4. The molecular formula is C23H27F3N4O4. The average Bonchev–Trinajstić information content (AvgIpc) is 3.11. The molecule has 0 spiro atoms. The number of rotatable bonds is 5. The number of nitrogens with zero attached hydrogens (tertiary/aromatic N) is 4. The van der Waals surface area contributed by atoms with Crippen LogP contribution in [0.25, 0.3) is 11.1 Å². The molecule has 34 heavy (non-hydrogen) atoms. The molecule has 1 aliphatic heterocycles. The lowest BCUT2D eigenvalue weighted by atomic mass is 10.0. The molecule has 8 nitrogen and oxygen atoms in total. The number of aryl methyl sites for hydroxylation is 2. The first-order chi connectivity index (χ1) is 15.7. The van der Waals surface area contributed by atoms with Crippen LogP contribution in [0.2, 0.25) is 0 Å². The van der Waals surface area contributed by atoms with E-state index in [0.717, 1.165) is 12.4 Å². The summed E-state index contributed by atoms with van der Waals surface area (Å²) in [6, 6.07) is 2.34. The van der Waals surface area contributed by atoms with Crippen molar-refractivity contribution >= 4 is 11.9 Å². The summed E-state index contributed by atoms with van der Waals surface area (Å²) in [6.45, 7) is 7.10. The van der Waals surface area contributed by atoms with Gasteiger partial charge in [0, 0.05) is 42.3 Å². The largest absolute Gasteiger partial charge is 0.451 e. The predicted molar refractivity (Wildman–Crippen MR) is 116 cm³/mol. The molecular weight excluding hydrogens is 453 g/mol. The number of likely N-dealkylation sites (tertiary alicyclic amines) is 1. The maximum absolute atomic E-state index is 12.9. The molecule has 3 rings (SSSR count). The molecule has 2 atom stereocenters. The zero-order valence-electron chi connectivity index (χ0n) is 19.4. The van der Waals surface area contributed by atoms with Crippen molar-refractivity contribution < 1.29 is 32.6 Å². The number of aliphatic hydroxyl groups excluding tert-OH is 1. The van der Waals surface area contributed by atoms with Crippen molar-refractivity contribution in [3.63, 3.8) is 0 Å². The number of halogens is 3. The summed E-state index contributed by atoms with van der Waals surface area (Å²) in [4.78, 5) is 37.8. The number of ether oxygens (including phenoxy) is 1. The van der Waals surface area contributed by atoms with Gasteiger partial charge in [-0.05, 0) is 58.2 Å². The van der Waals surface area contributed by atoms with Crippen LogP contribution >= 0.6 is 0 Å². The van der Waals surface area contributed by atoms with E-state index in [-0.39, 0.29) is 31.6 Å². The quantitative estimate of drug-likeness (QED) is 0.695. The normalized spacial score (nSPS) is 18.8. The lowest BCUT2D eigenvalue weighted by molar-refractivity contribution is -0.145. The summed E-state index contributed by atoms with van der Waals surface area (Å²) in [5, 5.41) is 10.3. The number of hydrogen-bond donors (Lipinski definition) is 1. The minimum Gasteiger partial charge on any atom is -0.444 e. The molecule has 0 bridgehead atoms. The van der Waals surface area contributed by atoms with Crippen LogP contribution in [0.15, 0.2) is 24.5 Å². The van der Waals surface area contributed by atoms with E-state index in [4.69, 9.17) is 4.74 Å². The summed E-state index contributed by atoms with van der Waals surface area (Å²) in [6.07, 6.45) is -3.57. The monoisotopic (exact) mass is 480 g/mol. The first-order valence-electron chi connectivity index (χ1n) is 10.8. The van der Waals surface area contributed by atoms with Gasteiger partial charge in [0.2, 0.25) is 5.82 Å². The van der Waals surface area contributed by atoms with Crippen LogP contribution in [0, 0.1) is 6.92 Å². The van der Waals surface area contributed by atoms with Crippen molar-refractivity contribution in [2.75, 3.05) is 6.54 Å². The molecule has 1 N–H and O–H groups in total. The Morgan fingerprint density at radius 3 is 2.38 bits per heavy atom. The molecule has 11 heteroatoms. The highest BCUT2D eigenvalue weighted by Crippen LogP contribution is 2.28. The van der Waals surface area contributed by atoms with Crippen molar-refractivity contribution in [1.82, 2.24) is 19.9 Å². The average molecular weight is 480 g/mol. The number of amides is 1. The molecule has 2 aromatic heterocycles. The smallest absolute Gasteiger partial charge is 0.444 e. The van der Waals surface area contributed by atoms with E-state index >= 15 is 0 Å². The summed E-state index contributed by atoms with van der Waals surface area (Å²) in [5.74, 6) is -1.55. The van der Waals surface area contributed by atoms with Crippen LogP contribution < -0.4 is 0 Å². The predicted octanol–water partition coefficient (Wildman–Crippen LogP) is 3.74. The van der Waals surface area contributed by atoms with E-state index in [1.807, 2.05) is 0 Å². The Bertz CT molecular complexity index is 1050. The third kappa shape index (κ3) is 6.28. The Morgan fingerprint density at radius 2 is 1.79 bits per heavy atom. The maximum Gasteiger partial charge on any atom is 0.451 e. The van der Waals surface area contributed by atoms with E-state index in [2.05, 4.69) is 15.0 Å². The zero-order chi connectivity index (χ0) is 25.3. The number of pyridine rings is 1. The fourth-order valence-electron chi connectivity index (χ4n) is 3.74. The van der Waals surface area contributed by atoms with Gasteiger partial charge in [-0.3, -0.25) is 14.7 Å². The lowest BCUT2D eigenvalue weighted by Gasteiger charge is -2.28. The van der Waals surface area contributed by atoms with Crippen molar-refractivity contribution in [2.24, 2.45) is 0 Å². The number of aliphatic hydroxyl groups is 1. The third-order valence-corrected chi connectivity index (χ3v) is 5.20. The third-order valence-electron chi connectivity index (χ3n) is 5.20. The van der Waals surface area contributed by atoms with E-state index in [0.29, 0.717) is 22.5 Å². The number of alkyl halides is 3. The molecule has 0 unspecified atom stereocenters. The van der Waals surface area contributed by atoms with Gasteiger partial charge in [0.05, 0.1) is 6.10 Å². The highest BCUT2D eigenvalue weighted by atomic mass is 19.4. The first kappa shape index (κ1) is 25.5. The minimum absolute atomic E-state index is 0.0143. The van der Waals surface area contributed by atoms with Gasteiger partial charge in [0.15, 0.2) is 5.78 Å². The van der Waals surface area contributed by atoms with Gasteiger partial charge in [-0.2, -0.15) is 13.2 Å². The van der Waals surface area contributed by atoms with Crippen molar-refractivity contribution in [3.05, 3.63) is 41.7 Å². The summed E-state index contributed by atoms with van der Waals surface area (Å²) < 4.78 is 43.5. The minimum atomic E-state index is -4.63. The topological polar surface area (TPSA) is 106 Å². The van der Waals surface area contributed by atoms with E-state index < -0.39 is 35.8 Å². The fraction of sp³-hybridized carbons (Fsp3) is 0.522. The number of carbonyl (C=O) groups excluding carboxylic acids is 2. The van der Waals surface area contributed by atoms with Gasteiger partial charge in [0.1, 0.15) is 11.6 Å². The molecule has 3 heterocycles. The number of ketones is 1. The van der Waals surface area contributed by atoms with Crippen LogP contribution in [0.1, 0.15) is 50.8 Å². The highest BCUT2D eigenvalue weighted by Gasteiger charge is 2.42. The molecule has 184 valence electrons. The molecule has 1 fully saturated rings. The fourth-order valence-corrected chi connectivity index (χ4v) is 3.74. The number of carbonyl (C=O) groups is 2. The van der Waals surface area contributed by atoms with Crippen LogP contribution in [-0.2, 0) is 22.1 Å². The Kier molecular flexibility index (Phi) is 7.25. The molecule has 2 aromatic rings. The van der Waals surface area contributed by atoms with Gasteiger partial charge in [0.25, 0.3) is 0 Å². The van der Waals surface area contributed by atoms with Gasteiger partial charge < -0.3 is 9.84 Å². The molecule has 1 aliphatic rings. The molecule has 0 saturated carbocycles. The Morgan fingerprint density at radius 1 is 1.15 bits per heavy atom. The Hall–Kier alpha value is -3.08. The number of hydrogen-bond acceptors (Lipinski definition) is 7. The van der Waals surface area contributed by atoms with Gasteiger partial charge in [-0.15, -0.1) is 0 Å². The summed E-state index contributed by atoms with van der Waals surface area (Å²) in [5.41, 5.74) is 1.37. The van der Waals surface area contributed by atoms with Crippen molar-refractivity contribution in [3.8, 4) is 11.1 Å². The van der Waals surface area contributed by atoms with E-state index in [9.17, 15) is 27.9 Å². The standard InChI is InChI=1S/C23H27F3N4O4/c1-13-9-14(15-11-27-20(28-12-15)23(24,25)26)10-16(29-13)5-6-17(31)19-18(32)7-8-30(19)21(33)34-22(2,3)4/h9-12,18-19,32H,5-8H2,1-4H3/t18-,19-/m1/s1. The number of aromatic nitrogens is 3. The second-order valence-electron chi connectivity index (χ2n) is 9.22. The van der Waals surface area contributed by atoms with Crippen LogP contribution in [0.5, 0.6) is 0 Å². The van der Waals surface area contributed by atoms with Crippen LogP contribution in [-0.4, -0.2) is 61.1 Å². The van der Waals surface area contributed by atoms with Crippen molar-refractivity contribution in [1.29, 1.82) is 0 Å². The Labute approximate surface area is 195 Å². The second-order valence-corrected chi connectivity index (χ2v) is 9.22. The van der Waals surface area contributed by atoms with Gasteiger partial charge >= 0.3 is 12.3 Å². The molecule has 0 aliphatic carbocycles. The highest BCUT2D eigenvalue weighted by molar-refractivity contribution is 5.88. The van der Waals surface area contributed by atoms with Crippen LogP contribution in [0.4, 0.5) is 18.0 Å². The summed E-state index contributed by atoms with van der Waals surface area (Å²) in [7, 11) is 0. The molecule has 0 radical (unpaired) electrons. The molecule has 0 aromatic carbocycles. The van der Waals surface area contributed by atoms with Crippen LogP contribution in [0.3, 0.4) is 0 Å². The Balaban J connectivity index is 1.72. The van der Waals surface area contributed by atoms with Crippen molar-refractivity contribution in [2.45, 2.75) is 70.9 Å². The van der Waals surface area contributed by atoms with E-state index in [1.54, 1.807) is 39.8 Å². The SMILES string of the molecule is Cc1cc(-c2cnc(C(F)(F)F)nc2)cc(CCC(=O)[C@@H]2[C@H](O)CCN2C(=O)OC(C)(C)C)n1. The lowest BCUT2D eigenvalue weighted by Crippen LogP contribution is -2.47. The second kappa shape index (κ2) is 9.65. The first-order valence-corrected chi connectivity index (χ1v) is 10.8. The molecule has 1 amide bonds. The van der Waals surface area contributed by atoms with E-state index in [1.165, 1.54) is 4.90 Å². The van der Waals surface area contributed by atoms with Gasteiger partial charge in [-0.1, -0.05) is 0 Å². The molecule has 1 saturated heterocycles. The number of Topliss-reactive ketones (excluding diaryl/α,β-unsaturated/α-hetero) is 1.